The first-order valence-corrected chi connectivity index (χ1v) is 7.57. The average Bonchev–Trinajstić information content (AvgIpc) is 2.80. The highest BCUT2D eigenvalue weighted by atomic mass is 16.1. The minimum atomic E-state index is -0.0735. The summed E-state index contributed by atoms with van der Waals surface area (Å²) < 4.78 is 0. The number of Topliss-reactive ketones (excluding diaryl/α,β-unsaturated/α-hetero) is 1. The molecule has 0 spiro atoms. The van der Waals surface area contributed by atoms with E-state index in [-0.39, 0.29) is 5.41 Å². The van der Waals surface area contributed by atoms with E-state index in [0.717, 1.165) is 24.8 Å². The lowest BCUT2D eigenvalue weighted by Gasteiger charge is -2.29. The van der Waals surface area contributed by atoms with Gasteiger partial charge in [0, 0.05) is 11.0 Å². The lowest BCUT2D eigenvalue weighted by Crippen LogP contribution is -2.30. The summed E-state index contributed by atoms with van der Waals surface area (Å²) in [5.74, 6) is 0.982. The molecule has 0 N–H and O–H groups in total. The molecule has 1 aliphatic carbocycles. The summed E-state index contributed by atoms with van der Waals surface area (Å²) >= 11 is 0. The van der Waals surface area contributed by atoms with Crippen molar-refractivity contribution in [2.24, 2.45) is 11.3 Å². The highest BCUT2D eigenvalue weighted by Gasteiger charge is 2.41. The highest BCUT2D eigenvalue weighted by molar-refractivity contribution is 6.01. The Morgan fingerprint density at radius 3 is 2.32 bits per heavy atom. The molecule has 0 aliphatic heterocycles. The molecule has 1 aromatic rings. The van der Waals surface area contributed by atoms with Crippen LogP contribution in [0, 0.1) is 25.2 Å². The van der Waals surface area contributed by atoms with Crippen LogP contribution in [0.5, 0.6) is 0 Å². The van der Waals surface area contributed by atoms with Crippen molar-refractivity contribution in [1.82, 2.24) is 0 Å². The molecular formula is C18H26O. The lowest BCUT2D eigenvalue weighted by atomic mass is 9.73. The minimum Gasteiger partial charge on any atom is -0.294 e. The summed E-state index contributed by atoms with van der Waals surface area (Å²) in [5.41, 5.74) is 3.34. The minimum absolute atomic E-state index is 0.0735. The Hall–Kier alpha value is -1.11. The van der Waals surface area contributed by atoms with Crippen molar-refractivity contribution in [3.63, 3.8) is 0 Å². The summed E-state index contributed by atoms with van der Waals surface area (Å²) in [6.07, 6.45) is 5.62. The van der Waals surface area contributed by atoms with E-state index in [9.17, 15) is 4.79 Å². The van der Waals surface area contributed by atoms with Crippen molar-refractivity contribution in [2.45, 2.75) is 59.8 Å². The van der Waals surface area contributed by atoms with Gasteiger partial charge in [-0.05, 0) is 56.2 Å². The largest absolute Gasteiger partial charge is 0.294 e. The molecule has 1 heteroatoms. The second-order valence-electron chi connectivity index (χ2n) is 6.71. The average molecular weight is 258 g/mol. The van der Waals surface area contributed by atoms with E-state index in [0.29, 0.717) is 11.7 Å². The third-order valence-electron chi connectivity index (χ3n) is 4.61. The Balaban J connectivity index is 2.31. The molecule has 0 saturated heterocycles. The van der Waals surface area contributed by atoms with Gasteiger partial charge in [0.25, 0.3) is 0 Å². The van der Waals surface area contributed by atoms with E-state index >= 15 is 0 Å². The van der Waals surface area contributed by atoms with Gasteiger partial charge in [-0.3, -0.25) is 4.79 Å². The van der Waals surface area contributed by atoms with Gasteiger partial charge in [0.1, 0.15) is 0 Å². The van der Waals surface area contributed by atoms with Crippen LogP contribution in [0.2, 0.25) is 0 Å². The van der Waals surface area contributed by atoms with Crippen LogP contribution in [0.15, 0.2) is 18.2 Å². The number of benzene rings is 1. The number of hydrogen-bond acceptors (Lipinski definition) is 1. The number of carbonyl (C=O) groups excluding carboxylic acids is 1. The third kappa shape index (κ3) is 2.91. The van der Waals surface area contributed by atoms with Gasteiger partial charge in [0.2, 0.25) is 0 Å². The maximum atomic E-state index is 13.0. The fraction of sp³-hybridized carbons (Fsp3) is 0.611. The predicted molar refractivity (Wildman–Crippen MR) is 80.6 cm³/mol. The zero-order valence-electron chi connectivity index (χ0n) is 12.8. The molecule has 1 aliphatic rings. The van der Waals surface area contributed by atoms with E-state index in [1.807, 2.05) is 6.07 Å². The number of aryl methyl sites for hydroxylation is 2. The fourth-order valence-electron chi connectivity index (χ4n) is 3.55. The number of carbonyl (C=O) groups is 1. The third-order valence-corrected chi connectivity index (χ3v) is 4.61. The van der Waals surface area contributed by atoms with Crippen molar-refractivity contribution in [3.05, 3.63) is 34.9 Å². The van der Waals surface area contributed by atoms with Crippen LogP contribution in [0.4, 0.5) is 0 Å². The Kier molecular flexibility index (Phi) is 4.13. The topological polar surface area (TPSA) is 17.1 Å². The molecule has 19 heavy (non-hydrogen) atoms. The van der Waals surface area contributed by atoms with Crippen LogP contribution in [0.25, 0.3) is 0 Å². The van der Waals surface area contributed by atoms with Gasteiger partial charge >= 0.3 is 0 Å². The van der Waals surface area contributed by atoms with Crippen molar-refractivity contribution in [1.29, 1.82) is 0 Å². The molecule has 0 radical (unpaired) electrons. The Bertz CT molecular complexity index is 465. The van der Waals surface area contributed by atoms with Gasteiger partial charge < -0.3 is 0 Å². The molecule has 0 atom stereocenters. The highest BCUT2D eigenvalue weighted by Crippen LogP contribution is 2.45. The van der Waals surface area contributed by atoms with E-state index in [2.05, 4.69) is 39.8 Å². The molecule has 1 aromatic carbocycles. The van der Waals surface area contributed by atoms with Crippen molar-refractivity contribution in [2.75, 3.05) is 0 Å². The van der Waals surface area contributed by atoms with Crippen LogP contribution < -0.4 is 0 Å². The van der Waals surface area contributed by atoms with Gasteiger partial charge in [0.05, 0.1) is 0 Å². The number of rotatable bonds is 4. The standard InChI is InChI=1S/C18H26O/c1-13(2)12-18(9-5-6-10-18)17(19)16-8-7-14(3)15(4)11-16/h7-8,11,13H,5-6,9-10,12H2,1-4H3. The van der Waals surface area contributed by atoms with Gasteiger partial charge in [-0.25, -0.2) is 0 Å². The van der Waals surface area contributed by atoms with E-state index in [1.165, 1.54) is 24.0 Å². The van der Waals surface area contributed by atoms with Crippen molar-refractivity contribution >= 4 is 5.78 Å². The summed E-state index contributed by atoms with van der Waals surface area (Å²) in [7, 11) is 0. The molecule has 1 fully saturated rings. The molecule has 104 valence electrons. The van der Waals surface area contributed by atoms with Crippen LogP contribution in [-0.2, 0) is 0 Å². The van der Waals surface area contributed by atoms with Gasteiger partial charge in [-0.15, -0.1) is 0 Å². The van der Waals surface area contributed by atoms with Crippen LogP contribution in [-0.4, -0.2) is 5.78 Å². The zero-order chi connectivity index (χ0) is 14.0. The Morgan fingerprint density at radius 1 is 1.16 bits per heavy atom. The molecule has 0 bridgehead atoms. The summed E-state index contributed by atoms with van der Waals surface area (Å²) in [6.45, 7) is 8.65. The van der Waals surface area contributed by atoms with Gasteiger partial charge in [0.15, 0.2) is 5.78 Å². The Labute approximate surface area is 117 Å². The maximum absolute atomic E-state index is 13.0. The van der Waals surface area contributed by atoms with Crippen molar-refractivity contribution < 1.29 is 4.79 Å². The van der Waals surface area contributed by atoms with Crippen molar-refractivity contribution in [3.8, 4) is 0 Å². The van der Waals surface area contributed by atoms with E-state index in [1.54, 1.807) is 0 Å². The molecule has 0 aromatic heterocycles. The zero-order valence-corrected chi connectivity index (χ0v) is 12.8. The fourth-order valence-corrected chi connectivity index (χ4v) is 3.55. The second-order valence-corrected chi connectivity index (χ2v) is 6.71. The molecule has 1 saturated carbocycles. The summed E-state index contributed by atoms with van der Waals surface area (Å²) in [5, 5.41) is 0. The van der Waals surface area contributed by atoms with Crippen LogP contribution in [0.1, 0.15) is 67.4 Å². The summed E-state index contributed by atoms with van der Waals surface area (Å²) in [4.78, 5) is 13.0. The van der Waals surface area contributed by atoms with Crippen LogP contribution >= 0.6 is 0 Å². The maximum Gasteiger partial charge on any atom is 0.169 e. The smallest absolute Gasteiger partial charge is 0.169 e. The molecule has 2 rings (SSSR count). The molecule has 1 nitrogen and oxygen atoms in total. The second kappa shape index (κ2) is 5.48. The first kappa shape index (κ1) is 14.3. The molecular weight excluding hydrogens is 232 g/mol. The Morgan fingerprint density at radius 2 is 1.79 bits per heavy atom. The monoisotopic (exact) mass is 258 g/mol. The van der Waals surface area contributed by atoms with E-state index in [4.69, 9.17) is 0 Å². The first-order valence-electron chi connectivity index (χ1n) is 7.57. The quantitative estimate of drug-likeness (QED) is 0.687. The number of hydrogen-bond donors (Lipinski definition) is 0. The lowest BCUT2D eigenvalue weighted by molar-refractivity contribution is 0.0760. The molecule has 0 heterocycles. The van der Waals surface area contributed by atoms with Gasteiger partial charge in [-0.1, -0.05) is 38.8 Å². The molecule has 0 unspecified atom stereocenters. The van der Waals surface area contributed by atoms with Crippen LogP contribution in [0.3, 0.4) is 0 Å². The number of ketones is 1. The molecule has 0 amide bonds. The SMILES string of the molecule is Cc1ccc(C(=O)C2(CC(C)C)CCCC2)cc1C. The first-order chi connectivity index (χ1) is 8.94. The van der Waals surface area contributed by atoms with E-state index < -0.39 is 0 Å². The normalized spacial score (nSPS) is 17.9. The summed E-state index contributed by atoms with van der Waals surface area (Å²) in [6, 6.07) is 6.18. The predicted octanol–water partition coefficient (Wildman–Crippen LogP) is 5.09. The van der Waals surface area contributed by atoms with Gasteiger partial charge in [-0.2, -0.15) is 0 Å².